The van der Waals surface area contributed by atoms with Gasteiger partial charge in [-0.25, -0.2) is 0 Å². The standard InChI is InChI=1S/C11H14IN5O/c1-6-9(7(2)16(3)15-6)14-11(18)10-8(12)5-13-17(10)4/h5H,1-4H3,(H,14,18). The van der Waals surface area contributed by atoms with Gasteiger partial charge in [-0.15, -0.1) is 0 Å². The molecule has 6 nitrogen and oxygen atoms in total. The minimum absolute atomic E-state index is 0.168. The molecular weight excluding hydrogens is 345 g/mol. The first-order valence-corrected chi connectivity index (χ1v) is 6.48. The summed E-state index contributed by atoms with van der Waals surface area (Å²) in [5, 5.41) is 11.2. The van der Waals surface area contributed by atoms with E-state index in [4.69, 9.17) is 0 Å². The number of rotatable bonds is 2. The molecule has 2 aromatic heterocycles. The first-order chi connectivity index (χ1) is 8.41. The van der Waals surface area contributed by atoms with Crippen LogP contribution in [0.4, 0.5) is 5.69 Å². The van der Waals surface area contributed by atoms with Crippen LogP contribution in [-0.2, 0) is 14.1 Å². The fourth-order valence-corrected chi connectivity index (χ4v) is 2.51. The van der Waals surface area contributed by atoms with E-state index in [1.165, 1.54) is 0 Å². The predicted octanol–water partition coefficient (Wildman–Crippen LogP) is 1.63. The van der Waals surface area contributed by atoms with E-state index in [0.717, 1.165) is 20.6 Å². The number of nitrogens with zero attached hydrogens (tertiary/aromatic N) is 4. The second-order valence-electron chi connectivity index (χ2n) is 4.09. The van der Waals surface area contributed by atoms with Gasteiger partial charge in [0.25, 0.3) is 5.91 Å². The third-order valence-electron chi connectivity index (χ3n) is 2.86. The van der Waals surface area contributed by atoms with Crippen LogP contribution in [0.15, 0.2) is 6.20 Å². The summed E-state index contributed by atoms with van der Waals surface area (Å²) < 4.78 is 4.14. The minimum atomic E-state index is -0.168. The van der Waals surface area contributed by atoms with Gasteiger partial charge in [0.2, 0.25) is 0 Å². The summed E-state index contributed by atoms with van der Waals surface area (Å²) in [6.07, 6.45) is 1.67. The summed E-state index contributed by atoms with van der Waals surface area (Å²) in [6, 6.07) is 0. The maximum atomic E-state index is 12.2. The molecule has 0 saturated carbocycles. The van der Waals surface area contributed by atoms with Gasteiger partial charge in [0, 0.05) is 14.1 Å². The van der Waals surface area contributed by atoms with Crippen LogP contribution in [0.3, 0.4) is 0 Å². The molecule has 1 amide bonds. The fraction of sp³-hybridized carbons (Fsp3) is 0.364. The number of anilines is 1. The molecular formula is C11H14IN5O. The lowest BCUT2D eigenvalue weighted by molar-refractivity contribution is 0.101. The van der Waals surface area contributed by atoms with Crippen molar-refractivity contribution in [3.63, 3.8) is 0 Å². The Morgan fingerprint density at radius 3 is 2.44 bits per heavy atom. The lowest BCUT2D eigenvalue weighted by atomic mass is 10.3. The highest BCUT2D eigenvalue weighted by molar-refractivity contribution is 14.1. The zero-order valence-corrected chi connectivity index (χ0v) is 12.8. The van der Waals surface area contributed by atoms with Gasteiger partial charge in [-0.1, -0.05) is 0 Å². The number of amides is 1. The number of nitrogens with one attached hydrogen (secondary N) is 1. The Bertz CT molecular complexity index is 594. The van der Waals surface area contributed by atoms with Crippen molar-refractivity contribution in [2.24, 2.45) is 14.1 Å². The number of aromatic nitrogens is 4. The van der Waals surface area contributed by atoms with Crippen LogP contribution in [0, 0.1) is 17.4 Å². The molecule has 0 spiro atoms. The van der Waals surface area contributed by atoms with E-state index in [0.29, 0.717) is 5.69 Å². The normalized spacial score (nSPS) is 10.7. The van der Waals surface area contributed by atoms with E-state index in [1.807, 2.05) is 20.9 Å². The van der Waals surface area contributed by atoms with E-state index in [-0.39, 0.29) is 5.91 Å². The van der Waals surface area contributed by atoms with Gasteiger partial charge < -0.3 is 5.32 Å². The Labute approximate surface area is 119 Å². The topological polar surface area (TPSA) is 64.7 Å². The molecule has 0 atom stereocenters. The molecule has 0 radical (unpaired) electrons. The van der Waals surface area contributed by atoms with E-state index in [2.05, 4.69) is 38.1 Å². The van der Waals surface area contributed by atoms with E-state index >= 15 is 0 Å². The van der Waals surface area contributed by atoms with E-state index in [1.54, 1.807) is 22.6 Å². The first-order valence-electron chi connectivity index (χ1n) is 5.41. The van der Waals surface area contributed by atoms with Crippen molar-refractivity contribution in [1.29, 1.82) is 0 Å². The Balaban J connectivity index is 2.33. The first kappa shape index (κ1) is 13.1. The van der Waals surface area contributed by atoms with Gasteiger partial charge in [-0.05, 0) is 36.4 Å². The number of hydrogen-bond donors (Lipinski definition) is 1. The smallest absolute Gasteiger partial charge is 0.275 e. The average molecular weight is 359 g/mol. The summed E-state index contributed by atoms with van der Waals surface area (Å²) in [6.45, 7) is 3.79. The molecule has 7 heteroatoms. The van der Waals surface area contributed by atoms with E-state index in [9.17, 15) is 4.79 Å². The Hall–Kier alpha value is -1.38. The second-order valence-corrected chi connectivity index (χ2v) is 5.25. The monoisotopic (exact) mass is 359 g/mol. The molecule has 0 fully saturated rings. The molecule has 2 rings (SSSR count). The Kier molecular flexibility index (Phi) is 3.42. The third-order valence-corrected chi connectivity index (χ3v) is 3.65. The maximum absolute atomic E-state index is 12.2. The van der Waals surface area contributed by atoms with E-state index < -0.39 is 0 Å². The Morgan fingerprint density at radius 1 is 1.33 bits per heavy atom. The zero-order valence-electron chi connectivity index (χ0n) is 10.7. The molecule has 0 unspecified atom stereocenters. The fourth-order valence-electron chi connectivity index (χ4n) is 1.79. The molecule has 0 aliphatic carbocycles. The molecule has 0 aliphatic rings. The van der Waals surface area contributed by atoms with Gasteiger partial charge in [0.05, 0.1) is 26.8 Å². The minimum Gasteiger partial charge on any atom is -0.317 e. The molecule has 0 saturated heterocycles. The highest BCUT2D eigenvalue weighted by Crippen LogP contribution is 2.20. The number of hydrogen-bond acceptors (Lipinski definition) is 3. The maximum Gasteiger partial charge on any atom is 0.275 e. The van der Waals surface area contributed by atoms with Crippen LogP contribution in [0.5, 0.6) is 0 Å². The van der Waals surface area contributed by atoms with Crippen molar-refractivity contribution in [1.82, 2.24) is 19.6 Å². The second kappa shape index (κ2) is 4.71. The summed E-state index contributed by atoms with van der Waals surface area (Å²) in [5.41, 5.74) is 3.05. The SMILES string of the molecule is Cc1nn(C)c(C)c1NC(=O)c1c(I)cnn1C. The third kappa shape index (κ3) is 2.14. The van der Waals surface area contributed by atoms with Gasteiger partial charge in [-0.3, -0.25) is 14.2 Å². The summed E-state index contributed by atoms with van der Waals surface area (Å²) in [7, 11) is 3.60. The lowest BCUT2D eigenvalue weighted by Gasteiger charge is -2.06. The quantitative estimate of drug-likeness (QED) is 0.829. The summed E-state index contributed by atoms with van der Waals surface area (Å²) in [4.78, 5) is 12.2. The van der Waals surface area contributed by atoms with Gasteiger partial charge >= 0.3 is 0 Å². The lowest BCUT2D eigenvalue weighted by Crippen LogP contribution is -2.18. The Morgan fingerprint density at radius 2 is 2.00 bits per heavy atom. The highest BCUT2D eigenvalue weighted by Gasteiger charge is 2.18. The van der Waals surface area contributed by atoms with Crippen molar-refractivity contribution >= 4 is 34.2 Å². The number of carbonyl (C=O) groups excluding carboxylic acids is 1. The van der Waals surface area contributed by atoms with Crippen molar-refractivity contribution in [2.75, 3.05) is 5.32 Å². The predicted molar refractivity (Wildman–Crippen MR) is 76.6 cm³/mol. The zero-order chi connectivity index (χ0) is 13.4. The largest absolute Gasteiger partial charge is 0.317 e. The molecule has 0 bridgehead atoms. The molecule has 2 heterocycles. The van der Waals surface area contributed by atoms with Crippen molar-refractivity contribution < 1.29 is 4.79 Å². The molecule has 96 valence electrons. The number of halogens is 1. The van der Waals surface area contributed by atoms with Crippen LogP contribution >= 0.6 is 22.6 Å². The average Bonchev–Trinajstić information content (AvgIpc) is 2.74. The number of aryl methyl sites for hydroxylation is 3. The van der Waals surface area contributed by atoms with Gasteiger partial charge in [-0.2, -0.15) is 10.2 Å². The molecule has 2 aromatic rings. The van der Waals surface area contributed by atoms with Crippen LogP contribution in [0.1, 0.15) is 21.9 Å². The molecule has 18 heavy (non-hydrogen) atoms. The highest BCUT2D eigenvalue weighted by atomic mass is 127. The molecule has 0 aliphatic heterocycles. The van der Waals surface area contributed by atoms with Crippen molar-refractivity contribution in [3.8, 4) is 0 Å². The van der Waals surface area contributed by atoms with Gasteiger partial charge in [0.1, 0.15) is 5.69 Å². The summed E-state index contributed by atoms with van der Waals surface area (Å²) in [5.74, 6) is -0.168. The van der Waals surface area contributed by atoms with Crippen LogP contribution in [0.2, 0.25) is 0 Å². The molecule has 0 aromatic carbocycles. The van der Waals surface area contributed by atoms with Crippen LogP contribution < -0.4 is 5.32 Å². The van der Waals surface area contributed by atoms with Crippen molar-refractivity contribution in [2.45, 2.75) is 13.8 Å². The number of carbonyl (C=O) groups is 1. The van der Waals surface area contributed by atoms with Crippen molar-refractivity contribution in [3.05, 3.63) is 26.8 Å². The van der Waals surface area contributed by atoms with Crippen LogP contribution in [-0.4, -0.2) is 25.5 Å². The summed E-state index contributed by atoms with van der Waals surface area (Å²) >= 11 is 2.10. The molecule has 1 N–H and O–H groups in total. The van der Waals surface area contributed by atoms with Crippen LogP contribution in [0.25, 0.3) is 0 Å². The van der Waals surface area contributed by atoms with Gasteiger partial charge in [0.15, 0.2) is 0 Å².